The number of nitrogens with zero attached hydrogens (tertiary/aromatic N) is 5. The van der Waals surface area contributed by atoms with Crippen LogP contribution < -0.4 is 0 Å². The third-order valence-corrected chi connectivity index (χ3v) is 7.99. The van der Waals surface area contributed by atoms with E-state index in [1.807, 2.05) is 85.8 Å². The van der Waals surface area contributed by atoms with Gasteiger partial charge >= 0.3 is 0 Å². The van der Waals surface area contributed by atoms with E-state index in [-0.39, 0.29) is 0 Å². The van der Waals surface area contributed by atoms with Crippen molar-refractivity contribution in [2.75, 3.05) is 0 Å². The zero-order chi connectivity index (χ0) is 32.0. The molecule has 1 aromatic heterocycles. The lowest BCUT2D eigenvalue weighted by molar-refractivity contribution is 1.07. The molecule has 0 saturated heterocycles. The molecule has 6 aromatic carbocycles. The fourth-order valence-corrected chi connectivity index (χ4v) is 5.52. The van der Waals surface area contributed by atoms with Crippen LogP contribution in [0.5, 0.6) is 0 Å². The molecule has 0 bridgehead atoms. The summed E-state index contributed by atoms with van der Waals surface area (Å²) in [5, 5.41) is 2.36. The van der Waals surface area contributed by atoms with Crippen LogP contribution in [0.15, 0.2) is 168 Å². The minimum Gasteiger partial charge on any atom is -0.245 e. The summed E-state index contributed by atoms with van der Waals surface area (Å²) in [6.07, 6.45) is 3.60. The molecule has 0 aliphatic carbocycles. The summed E-state index contributed by atoms with van der Waals surface area (Å²) in [5.41, 5.74) is 8.30. The van der Waals surface area contributed by atoms with E-state index in [9.17, 15) is 0 Å². The van der Waals surface area contributed by atoms with E-state index in [2.05, 4.69) is 89.5 Å². The second-order valence-corrected chi connectivity index (χ2v) is 11.1. The highest BCUT2D eigenvalue weighted by Crippen LogP contribution is 2.31. The molecule has 5 nitrogen and oxygen atoms in total. The van der Waals surface area contributed by atoms with Gasteiger partial charge in [-0.05, 0) is 58.8 Å². The number of fused-ring (bicyclic) bond motifs is 1. The molecule has 0 aliphatic heterocycles. The standard InChI is InChI=1S/C42H31N5/c1-3-26-44-39(43-2)34-20-14-29(15-21-34)36-24-18-31-19-25-37(28-38(31)27-36)30-16-22-35(23-17-30)42-46-40(32-10-6-4-7-11-32)45-41(47-42)33-12-8-5-9-13-33/h3-28H,2H2,1H3/b26-3-,44-39?. The van der Waals surface area contributed by atoms with Gasteiger partial charge < -0.3 is 0 Å². The Hall–Kier alpha value is -6.33. The molecule has 0 fully saturated rings. The van der Waals surface area contributed by atoms with Crippen molar-refractivity contribution in [1.29, 1.82) is 0 Å². The van der Waals surface area contributed by atoms with E-state index in [0.29, 0.717) is 23.3 Å². The van der Waals surface area contributed by atoms with Crippen LogP contribution in [-0.2, 0) is 0 Å². The number of rotatable bonds is 7. The molecule has 0 aliphatic rings. The smallest absolute Gasteiger partial charge is 0.164 e. The first kappa shape index (κ1) is 29.4. The molecule has 0 radical (unpaired) electrons. The third kappa shape index (κ3) is 6.42. The van der Waals surface area contributed by atoms with Gasteiger partial charge in [-0.2, -0.15) is 0 Å². The summed E-state index contributed by atoms with van der Waals surface area (Å²) in [5.74, 6) is 2.55. The van der Waals surface area contributed by atoms with Crippen molar-refractivity contribution in [2.45, 2.75) is 6.92 Å². The lowest BCUT2D eigenvalue weighted by Gasteiger charge is -2.10. The summed E-state index contributed by atoms with van der Waals surface area (Å²) in [4.78, 5) is 23.0. The first-order chi connectivity index (χ1) is 23.2. The van der Waals surface area contributed by atoms with Gasteiger partial charge in [-0.1, -0.05) is 140 Å². The third-order valence-electron chi connectivity index (χ3n) is 7.99. The molecule has 0 atom stereocenters. The topological polar surface area (TPSA) is 63.4 Å². The van der Waals surface area contributed by atoms with Gasteiger partial charge in [0, 0.05) is 28.5 Å². The molecule has 0 saturated carbocycles. The molecular weight excluding hydrogens is 574 g/mol. The van der Waals surface area contributed by atoms with E-state index in [1.54, 1.807) is 6.20 Å². The largest absolute Gasteiger partial charge is 0.245 e. The molecular formula is C42H31N5. The predicted molar refractivity (Wildman–Crippen MR) is 195 cm³/mol. The fraction of sp³-hybridized carbons (Fsp3) is 0.0238. The number of aromatic nitrogens is 3. The average molecular weight is 606 g/mol. The van der Waals surface area contributed by atoms with Crippen molar-refractivity contribution >= 4 is 23.3 Å². The molecule has 0 spiro atoms. The fourth-order valence-electron chi connectivity index (χ4n) is 5.52. The van der Waals surface area contributed by atoms with Gasteiger partial charge in [0.2, 0.25) is 0 Å². The summed E-state index contributed by atoms with van der Waals surface area (Å²) in [7, 11) is 0. The summed E-state index contributed by atoms with van der Waals surface area (Å²) >= 11 is 0. The van der Waals surface area contributed by atoms with Gasteiger partial charge in [-0.15, -0.1) is 0 Å². The van der Waals surface area contributed by atoms with Crippen LogP contribution in [0, 0.1) is 0 Å². The van der Waals surface area contributed by atoms with Crippen LogP contribution in [0.2, 0.25) is 0 Å². The van der Waals surface area contributed by atoms with Gasteiger partial charge in [-0.25, -0.2) is 24.9 Å². The number of allylic oxidation sites excluding steroid dienone is 1. The van der Waals surface area contributed by atoms with Crippen LogP contribution in [0.25, 0.3) is 67.2 Å². The molecule has 1 heterocycles. The second-order valence-electron chi connectivity index (χ2n) is 11.1. The van der Waals surface area contributed by atoms with Crippen molar-refractivity contribution in [3.63, 3.8) is 0 Å². The first-order valence-corrected chi connectivity index (χ1v) is 15.5. The van der Waals surface area contributed by atoms with Gasteiger partial charge in [0.05, 0.1) is 0 Å². The number of benzene rings is 6. The van der Waals surface area contributed by atoms with E-state index >= 15 is 0 Å². The maximum absolute atomic E-state index is 4.87. The summed E-state index contributed by atoms with van der Waals surface area (Å²) in [6, 6.07) is 49.9. The highest BCUT2D eigenvalue weighted by molar-refractivity contribution is 6.02. The lowest BCUT2D eigenvalue weighted by atomic mass is 9.96. The number of hydrogen-bond acceptors (Lipinski definition) is 4. The zero-order valence-corrected chi connectivity index (χ0v) is 26.0. The Morgan fingerprint density at radius 1 is 0.489 bits per heavy atom. The molecule has 0 amide bonds. The minimum absolute atomic E-state index is 0.604. The van der Waals surface area contributed by atoms with E-state index in [4.69, 9.17) is 15.0 Å². The van der Waals surface area contributed by atoms with Crippen molar-refractivity contribution < 1.29 is 0 Å². The summed E-state index contributed by atoms with van der Waals surface area (Å²) < 4.78 is 0. The van der Waals surface area contributed by atoms with Crippen molar-refractivity contribution in [1.82, 2.24) is 15.0 Å². The Kier molecular flexibility index (Phi) is 8.34. The Labute approximate surface area is 274 Å². The number of hydrogen-bond donors (Lipinski definition) is 0. The van der Waals surface area contributed by atoms with Crippen molar-refractivity contribution in [3.05, 3.63) is 163 Å². The molecule has 47 heavy (non-hydrogen) atoms. The maximum Gasteiger partial charge on any atom is 0.164 e. The lowest BCUT2D eigenvalue weighted by Crippen LogP contribution is -2.00. The molecule has 0 N–H and O–H groups in total. The normalized spacial score (nSPS) is 11.6. The van der Waals surface area contributed by atoms with Gasteiger partial charge in [0.1, 0.15) is 0 Å². The quantitative estimate of drug-likeness (QED) is 0.134. The van der Waals surface area contributed by atoms with E-state index < -0.39 is 0 Å². The maximum atomic E-state index is 4.87. The monoisotopic (exact) mass is 605 g/mol. The second kappa shape index (κ2) is 13.3. The molecule has 224 valence electrons. The Balaban J connectivity index is 1.19. The van der Waals surface area contributed by atoms with Crippen LogP contribution in [0.4, 0.5) is 0 Å². The van der Waals surface area contributed by atoms with Crippen molar-refractivity contribution in [3.8, 4) is 56.4 Å². The van der Waals surface area contributed by atoms with Crippen LogP contribution in [0.1, 0.15) is 12.5 Å². The van der Waals surface area contributed by atoms with E-state index in [1.165, 1.54) is 10.8 Å². The zero-order valence-electron chi connectivity index (χ0n) is 26.0. The highest BCUT2D eigenvalue weighted by Gasteiger charge is 2.12. The van der Waals surface area contributed by atoms with Gasteiger partial charge in [0.15, 0.2) is 23.3 Å². The number of aliphatic imine (C=N–C) groups is 2. The summed E-state index contributed by atoms with van der Waals surface area (Å²) in [6.45, 7) is 5.59. The Bertz CT molecular complexity index is 2180. The van der Waals surface area contributed by atoms with Crippen LogP contribution in [-0.4, -0.2) is 27.5 Å². The van der Waals surface area contributed by atoms with Crippen LogP contribution in [0.3, 0.4) is 0 Å². The van der Waals surface area contributed by atoms with E-state index in [0.717, 1.165) is 44.5 Å². The molecule has 7 aromatic rings. The number of amidine groups is 1. The van der Waals surface area contributed by atoms with Crippen LogP contribution >= 0.6 is 0 Å². The predicted octanol–water partition coefficient (Wildman–Crippen LogP) is 10.3. The molecule has 5 heteroatoms. The molecule has 7 rings (SSSR count). The molecule has 0 unspecified atom stereocenters. The average Bonchev–Trinajstić information content (AvgIpc) is 3.15. The first-order valence-electron chi connectivity index (χ1n) is 15.5. The highest BCUT2D eigenvalue weighted by atomic mass is 15.0. The van der Waals surface area contributed by atoms with Gasteiger partial charge in [0.25, 0.3) is 0 Å². The minimum atomic E-state index is 0.604. The SMILES string of the molecule is C=NC(=N/C=C\C)c1ccc(-c2ccc3ccc(-c4ccc(-c5nc(-c6ccccc6)nc(-c6ccccc6)n5)cc4)cc3c2)cc1. The van der Waals surface area contributed by atoms with Gasteiger partial charge in [-0.3, -0.25) is 0 Å². The Morgan fingerprint density at radius 2 is 0.915 bits per heavy atom. The van der Waals surface area contributed by atoms with Crippen molar-refractivity contribution in [2.24, 2.45) is 9.98 Å². The Morgan fingerprint density at radius 3 is 1.38 bits per heavy atom.